The molecule has 0 saturated carbocycles. The summed E-state index contributed by atoms with van der Waals surface area (Å²) in [7, 11) is 0. The summed E-state index contributed by atoms with van der Waals surface area (Å²) in [4.78, 5) is 13.4. The summed E-state index contributed by atoms with van der Waals surface area (Å²) < 4.78 is 5.59. The number of nitrogens with two attached hydrogens (primary N) is 1. The van der Waals surface area contributed by atoms with Gasteiger partial charge in [0.05, 0.1) is 19.3 Å². The summed E-state index contributed by atoms with van der Waals surface area (Å²) in [5, 5.41) is 2.76. The Kier molecular flexibility index (Phi) is 5.73. The second-order valence-electron chi connectivity index (χ2n) is 4.65. The molecule has 0 aromatic rings. The Bertz CT molecular complexity index is 221. The minimum atomic E-state index is -0.121. The van der Waals surface area contributed by atoms with Gasteiger partial charge >= 0.3 is 0 Å². The van der Waals surface area contributed by atoms with E-state index in [0.717, 1.165) is 26.2 Å². The van der Waals surface area contributed by atoms with Crippen LogP contribution >= 0.6 is 0 Å². The summed E-state index contributed by atoms with van der Waals surface area (Å²) in [5.41, 5.74) is 5.22. The van der Waals surface area contributed by atoms with Crippen molar-refractivity contribution in [1.29, 1.82) is 0 Å². The van der Waals surface area contributed by atoms with Gasteiger partial charge in [0.2, 0.25) is 5.91 Å². The van der Waals surface area contributed by atoms with Crippen LogP contribution in [0.2, 0.25) is 0 Å². The molecule has 16 heavy (non-hydrogen) atoms. The maximum Gasteiger partial charge on any atom is 0.233 e. The van der Waals surface area contributed by atoms with Crippen molar-refractivity contribution in [3.63, 3.8) is 0 Å². The van der Waals surface area contributed by atoms with Crippen LogP contribution in [0, 0.1) is 5.92 Å². The van der Waals surface area contributed by atoms with Gasteiger partial charge in [0.1, 0.15) is 0 Å². The Morgan fingerprint density at radius 2 is 2.38 bits per heavy atom. The van der Waals surface area contributed by atoms with Gasteiger partial charge in [-0.25, -0.2) is 0 Å². The molecule has 1 aliphatic heterocycles. The average Bonchev–Trinajstić information content (AvgIpc) is 2.25. The van der Waals surface area contributed by atoms with Gasteiger partial charge in [-0.3, -0.25) is 9.69 Å². The number of hydrogen-bond acceptors (Lipinski definition) is 4. The fraction of sp³-hybridized carbons (Fsp3) is 0.909. The Morgan fingerprint density at radius 3 is 3.00 bits per heavy atom. The predicted octanol–water partition coefficient (Wildman–Crippen LogP) is -0.582. The lowest BCUT2D eigenvalue weighted by atomic mass is 10.2. The van der Waals surface area contributed by atoms with Crippen LogP contribution in [-0.4, -0.2) is 56.2 Å². The van der Waals surface area contributed by atoms with Crippen molar-refractivity contribution in [2.75, 3.05) is 39.3 Å². The number of carbonyl (C=O) groups is 1. The number of hydrogen-bond donors (Lipinski definition) is 2. The van der Waals surface area contributed by atoms with Crippen molar-refractivity contribution in [3.8, 4) is 0 Å². The van der Waals surface area contributed by atoms with Crippen molar-refractivity contribution >= 4 is 5.91 Å². The maximum absolute atomic E-state index is 11.0. The molecule has 0 spiro atoms. The topological polar surface area (TPSA) is 67.6 Å². The number of ether oxygens (including phenoxy) is 1. The van der Waals surface area contributed by atoms with Crippen LogP contribution in [-0.2, 0) is 9.53 Å². The number of amides is 1. The Morgan fingerprint density at radius 1 is 1.62 bits per heavy atom. The van der Waals surface area contributed by atoms with Gasteiger partial charge in [-0.1, -0.05) is 13.8 Å². The van der Waals surface area contributed by atoms with Gasteiger partial charge in [-0.15, -0.1) is 0 Å². The van der Waals surface area contributed by atoms with E-state index >= 15 is 0 Å². The molecule has 1 aliphatic rings. The molecule has 1 amide bonds. The molecule has 0 aromatic carbocycles. The van der Waals surface area contributed by atoms with Crippen LogP contribution < -0.4 is 11.1 Å². The van der Waals surface area contributed by atoms with E-state index in [1.54, 1.807) is 0 Å². The zero-order chi connectivity index (χ0) is 12.0. The standard InChI is InChI=1S/C11H23N3O2/c1-9(2)7-14-3-4-16-10(8-14)6-13-11(15)5-12/h9-10H,3-8,12H2,1-2H3,(H,13,15). The molecule has 3 N–H and O–H groups in total. The Hall–Kier alpha value is -0.650. The Labute approximate surface area is 97.3 Å². The molecule has 5 nitrogen and oxygen atoms in total. The summed E-state index contributed by atoms with van der Waals surface area (Å²) in [5.74, 6) is 0.543. The van der Waals surface area contributed by atoms with E-state index in [1.807, 2.05) is 0 Å². The molecule has 1 unspecified atom stereocenters. The van der Waals surface area contributed by atoms with Gasteiger partial charge in [0.15, 0.2) is 0 Å². The molecule has 1 heterocycles. The van der Waals surface area contributed by atoms with E-state index in [9.17, 15) is 4.79 Å². The first kappa shape index (κ1) is 13.4. The first-order chi connectivity index (χ1) is 7.61. The fourth-order valence-corrected chi connectivity index (χ4v) is 1.89. The highest BCUT2D eigenvalue weighted by molar-refractivity contribution is 5.77. The van der Waals surface area contributed by atoms with Crippen molar-refractivity contribution < 1.29 is 9.53 Å². The second-order valence-corrected chi connectivity index (χ2v) is 4.65. The second kappa shape index (κ2) is 6.83. The molecule has 1 saturated heterocycles. The molecule has 1 fully saturated rings. The van der Waals surface area contributed by atoms with Gasteiger partial charge < -0.3 is 15.8 Å². The highest BCUT2D eigenvalue weighted by Gasteiger charge is 2.20. The van der Waals surface area contributed by atoms with Crippen molar-refractivity contribution in [2.45, 2.75) is 20.0 Å². The molecule has 0 aromatic heterocycles. The average molecular weight is 229 g/mol. The minimum absolute atomic E-state index is 0.0441. The zero-order valence-electron chi connectivity index (χ0n) is 10.2. The van der Waals surface area contributed by atoms with Crippen LogP contribution in [0.5, 0.6) is 0 Å². The molecule has 0 bridgehead atoms. The molecule has 0 radical (unpaired) electrons. The third kappa shape index (κ3) is 4.92. The predicted molar refractivity (Wildman–Crippen MR) is 63.1 cm³/mol. The maximum atomic E-state index is 11.0. The number of morpholine rings is 1. The summed E-state index contributed by atoms with van der Waals surface area (Å²) >= 11 is 0. The molecular formula is C11H23N3O2. The monoisotopic (exact) mass is 229 g/mol. The normalized spacial score (nSPS) is 22.4. The highest BCUT2D eigenvalue weighted by Crippen LogP contribution is 2.07. The molecule has 0 aliphatic carbocycles. The van der Waals surface area contributed by atoms with E-state index < -0.39 is 0 Å². The number of rotatable bonds is 5. The lowest BCUT2D eigenvalue weighted by molar-refractivity contribution is -0.121. The highest BCUT2D eigenvalue weighted by atomic mass is 16.5. The molecular weight excluding hydrogens is 206 g/mol. The van der Waals surface area contributed by atoms with Crippen molar-refractivity contribution in [3.05, 3.63) is 0 Å². The third-order valence-electron chi connectivity index (χ3n) is 2.56. The zero-order valence-corrected chi connectivity index (χ0v) is 10.2. The van der Waals surface area contributed by atoms with E-state index in [4.69, 9.17) is 10.5 Å². The van der Waals surface area contributed by atoms with Gasteiger partial charge in [0, 0.05) is 26.2 Å². The van der Waals surface area contributed by atoms with Crippen LogP contribution in [0.25, 0.3) is 0 Å². The van der Waals surface area contributed by atoms with Crippen LogP contribution in [0.1, 0.15) is 13.8 Å². The lowest BCUT2D eigenvalue weighted by Crippen LogP contribution is -2.49. The van der Waals surface area contributed by atoms with E-state index in [-0.39, 0.29) is 18.6 Å². The largest absolute Gasteiger partial charge is 0.374 e. The molecule has 94 valence electrons. The molecule has 1 rings (SSSR count). The van der Waals surface area contributed by atoms with E-state index in [2.05, 4.69) is 24.1 Å². The van der Waals surface area contributed by atoms with Gasteiger partial charge in [0.25, 0.3) is 0 Å². The number of carbonyl (C=O) groups excluding carboxylic acids is 1. The fourth-order valence-electron chi connectivity index (χ4n) is 1.89. The molecule has 5 heteroatoms. The Balaban J connectivity index is 2.24. The van der Waals surface area contributed by atoms with Crippen molar-refractivity contribution in [1.82, 2.24) is 10.2 Å². The first-order valence-electron chi connectivity index (χ1n) is 5.92. The van der Waals surface area contributed by atoms with Gasteiger partial charge in [-0.2, -0.15) is 0 Å². The van der Waals surface area contributed by atoms with Crippen LogP contribution in [0.3, 0.4) is 0 Å². The van der Waals surface area contributed by atoms with Crippen molar-refractivity contribution in [2.24, 2.45) is 11.7 Å². The quantitative estimate of drug-likeness (QED) is 0.662. The minimum Gasteiger partial charge on any atom is -0.374 e. The summed E-state index contributed by atoms with van der Waals surface area (Å²) in [6, 6.07) is 0. The van der Waals surface area contributed by atoms with Gasteiger partial charge in [-0.05, 0) is 5.92 Å². The first-order valence-corrected chi connectivity index (χ1v) is 5.92. The number of nitrogens with zero attached hydrogens (tertiary/aromatic N) is 1. The third-order valence-corrected chi connectivity index (χ3v) is 2.56. The SMILES string of the molecule is CC(C)CN1CCOC(CNC(=O)CN)C1. The summed E-state index contributed by atoms with van der Waals surface area (Å²) in [6.45, 7) is 8.73. The van der Waals surface area contributed by atoms with Crippen LogP contribution in [0.15, 0.2) is 0 Å². The molecule has 1 atom stereocenters. The smallest absolute Gasteiger partial charge is 0.233 e. The lowest BCUT2D eigenvalue weighted by Gasteiger charge is -2.33. The summed E-state index contributed by atoms with van der Waals surface area (Å²) in [6.07, 6.45) is 0.1000. The van der Waals surface area contributed by atoms with E-state index in [1.165, 1.54) is 0 Å². The van der Waals surface area contributed by atoms with Crippen LogP contribution in [0.4, 0.5) is 0 Å². The van der Waals surface area contributed by atoms with E-state index in [0.29, 0.717) is 12.5 Å². The number of nitrogens with one attached hydrogen (secondary N) is 1.